The highest BCUT2D eigenvalue weighted by Crippen LogP contribution is 2.34. The first kappa shape index (κ1) is 17.2. The van der Waals surface area contributed by atoms with Gasteiger partial charge in [-0.05, 0) is 13.0 Å². The number of ketones is 2. The molecular formula is C19H13NO6. The van der Waals surface area contributed by atoms with E-state index in [4.69, 9.17) is 4.42 Å². The Kier molecular flexibility index (Phi) is 4.45. The molecule has 0 aliphatic carbocycles. The second-order valence-electron chi connectivity index (χ2n) is 5.68. The van der Waals surface area contributed by atoms with E-state index in [0.717, 1.165) is 0 Å². The number of rotatable bonds is 5. The van der Waals surface area contributed by atoms with Crippen molar-refractivity contribution in [1.82, 2.24) is 0 Å². The topological polar surface area (TPSA) is 107 Å². The molecule has 1 unspecified atom stereocenters. The van der Waals surface area contributed by atoms with Gasteiger partial charge in [0.2, 0.25) is 0 Å². The number of fused-ring (bicyclic) bond motifs is 1. The number of hydrogen-bond donors (Lipinski definition) is 0. The second-order valence-corrected chi connectivity index (χ2v) is 5.68. The molecule has 1 heterocycles. The maximum Gasteiger partial charge on any atom is 0.415 e. The van der Waals surface area contributed by atoms with Gasteiger partial charge in [-0.2, -0.15) is 0 Å². The molecule has 26 heavy (non-hydrogen) atoms. The number of carbonyl (C=O) groups is 2. The fourth-order valence-electron chi connectivity index (χ4n) is 2.92. The van der Waals surface area contributed by atoms with Gasteiger partial charge in [-0.3, -0.25) is 19.7 Å². The van der Waals surface area contributed by atoms with Crippen molar-refractivity contribution in [2.45, 2.75) is 12.8 Å². The minimum atomic E-state index is -1.48. The van der Waals surface area contributed by atoms with Crippen LogP contribution in [0.5, 0.6) is 0 Å². The van der Waals surface area contributed by atoms with Crippen molar-refractivity contribution in [2.75, 3.05) is 0 Å². The Labute approximate surface area is 147 Å². The molecule has 0 amide bonds. The largest absolute Gasteiger partial charge is 0.418 e. The van der Waals surface area contributed by atoms with Crippen molar-refractivity contribution in [2.24, 2.45) is 0 Å². The minimum Gasteiger partial charge on any atom is -0.418 e. The first-order valence-corrected chi connectivity index (χ1v) is 7.71. The van der Waals surface area contributed by atoms with E-state index >= 15 is 0 Å². The number of nitrogens with zero attached hydrogens (tertiary/aromatic N) is 1. The van der Waals surface area contributed by atoms with Crippen molar-refractivity contribution < 1.29 is 18.9 Å². The summed E-state index contributed by atoms with van der Waals surface area (Å²) in [5.41, 5.74) is -2.03. The van der Waals surface area contributed by atoms with Crippen LogP contribution < -0.4 is 5.63 Å². The van der Waals surface area contributed by atoms with Gasteiger partial charge in [0, 0.05) is 10.9 Å². The second kappa shape index (κ2) is 6.72. The van der Waals surface area contributed by atoms with E-state index < -0.39 is 33.7 Å². The van der Waals surface area contributed by atoms with E-state index in [1.165, 1.54) is 31.2 Å². The van der Waals surface area contributed by atoms with E-state index in [9.17, 15) is 24.5 Å². The van der Waals surface area contributed by atoms with Crippen molar-refractivity contribution in [3.05, 3.63) is 86.3 Å². The SMILES string of the molecule is CC(=O)C(C(=O)c1ccccc1)c1c([N+](=O)[O-])c(=O)oc2ccccc12. The highest BCUT2D eigenvalue weighted by Gasteiger charge is 2.37. The predicted molar refractivity (Wildman–Crippen MR) is 93.3 cm³/mol. The number of carbonyl (C=O) groups excluding carboxylic acids is 2. The summed E-state index contributed by atoms with van der Waals surface area (Å²) in [4.78, 5) is 48.0. The summed E-state index contributed by atoms with van der Waals surface area (Å²) < 4.78 is 4.99. The minimum absolute atomic E-state index is 0.0743. The maximum atomic E-state index is 12.9. The molecule has 7 heteroatoms. The van der Waals surface area contributed by atoms with E-state index in [-0.39, 0.29) is 22.1 Å². The quantitative estimate of drug-likeness (QED) is 0.229. The maximum absolute atomic E-state index is 12.9. The molecule has 7 nitrogen and oxygen atoms in total. The molecule has 0 aliphatic heterocycles. The average molecular weight is 351 g/mol. The van der Waals surface area contributed by atoms with Crippen LogP contribution in [0.3, 0.4) is 0 Å². The lowest BCUT2D eigenvalue weighted by Crippen LogP contribution is -2.24. The fraction of sp³-hybridized carbons (Fsp3) is 0.105. The van der Waals surface area contributed by atoms with Gasteiger partial charge < -0.3 is 4.42 Å². The molecule has 3 aromatic rings. The highest BCUT2D eigenvalue weighted by atomic mass is 16.6. The number of nitro groups is 1. The Morgan fingerprint density at radius 2 is 1.65 bits per heavy atom. The zero-order valence-electron chi connectivity index (χ0n) is 13.7. The smallest absolute Gasteiger partial charge is 0.415 e. The van der Waals surface area contributed by atoms with Gasteiger partial charge in [-0.15, -0.1) is 0 Å². The van der Waals surface area contributed by atoms with E-state index in [1.54, 1.807) is 30.3 Å². The monoisotopic (exact) mass is 351 g/mol. The molecule has 130 valence electrons. The third-order valence-corrected chi connectivity index (χ3v) is 4.03. The van der Waals surface area contributed by atoms with Gasteiger partial charge in [0.1, 0.15) is 17.3 Å². The lowest BCUT2D eigenvalue weighted by atomic mass is 9.85. The summed E-state index contributed by atoms with van der Waals surface area (Å²) in [7, 11) is 0. The summed E-state index contributed by atoms with van der Waals surface area (Å²) in [6.07, 6.45) is 0. The molecule has 0 spiro atoms. The van der Waals surface area contributed by atoms with Crippen LogP contribution in [0.2, 0.25) is 0 Å². The number of Topliss-reactive ketones (excluding diaryl/α,β-unsaturated/α-hetero) is 2. The zero-order valence-corrected chi connectivity index (χ0v) is 13.7. The molecule has 2 aromatic carbocycles. The molecule has 0 N–H and O–H groups in total. The third kappa shape index (κ3) is 2.90. The summed E-state index contributed by atoms with van der Waals surface area (Å²) in [5, 5.41) is 11.7. The van der Waals surface area contributed by atoms with Crippen LogP contribution in [-0.4, -0.2) is 16.5 Å². The Bertz CT molecular complexity index is 1080. The van der Waals surface area contributed by atoms with Crippen LogP contribution in [0.15, 0.2) is 63.8 Å². The van der Waals surface area contributed by atoms with Crippen LogP contribution >= 0.6 is 0 Å². The van der Waals surface area contributed by atoms with Crippen molar-refractivity contribution in [1.29, 1.82) is 0 Å². The summed E-state index contributed by atoms with van der Waals surface area (Å²) in [6, 6.07) is 14.1. The van der Waals surface area contributed by atoms with Gasteiger partial charge >= 0.3 is 11.3 Å². The Morgan fingerprint density at radius 1 is 1.04 bits per heavy atom. The molecule has 3 rings (SSSR count). The molecule has 1 aromatic heterocycles. The molecule has 0 radical (unpaired) electrons. The van der Waals surface area contributed by atoms with Crippen molar-refractivity contribution >= 4 is 28.2 Å². The van der Waals surface area contributed by atoms with E-state index in [2.05, 4.69) is 0 Å². The molecular weight excluding hydrogens is 338 g/mol. The molecule has 0 saturated heterocycles. The lowest BCUT2D eigenvalue weighted by Gasteiger charge is -2.15. The van der Waals surface area contributed by atoms with Gasteiger partial charge in [0.25, 0.3) is 0 Å². The third-order valence-electron chi connectivity index (χ3n) is 4.03. The van der Waals surface area contributed by atoms with Gasteiger partial charge in [-0.1, -0.05) is 48.5 Å². The molecule has 0 saturated carbocycles. The molecule has 0 fully saturated rings. The van der Waals surface area contributed by atoms with Gasteiger partial charge in [0.15, 0.2) is 5.78 Å². The van der Waals surface area contributed by atoms with Crippen LogP contribution in [0.1, 0.15) is 28.8 Å². The summed E-state index contributed by atoms with van der Waals surface area (Å²) in [5.74, 6) is -2.69. The van der Waals surface area contributed by atoms with E-state index in [0.29, 0.717) is 0 Å². The number of para-hydroxylation sites is 1. The first-order chi connectivity index (χ1) is 12.4. The highest BCUT2D eigenvalue weighted by molar-refractivity contribution is 6.16. The summed E-state index contributed by atoms with van der Waals surface area (Å²) in [6.45, 7) is 1.17. The van der Waals surface area contributed by atoms with Crippen molar-refractivity contribution in [3.63, 3.8) is 0 Å². The Hall–Kier alpha value is -3.61. The van der Waals surface area contributed by atoms with Crippen LogP contribution in [0.25, 0.3) is 11.0 Å². The number of hydrogen-bond acceptors (Lipinski definition) is 6. The predicted octanol–water partition coefficient (Wildman–Crippen LogP) is 3.26. The summed E-state index contributed by atoms with van der Waals surface area (Å²) >= 11 is 0. The Morgan fingerprint density at radius 3 is 2.27 bits per heavy atom. The fourth-order valence-corrected chi connectivity index (χ4v) is 2.92. The van der Waals surface area contributed by atoms with E-state index in [1.807, 2.05) is 0 Å². The van der Waals surface area contributed by atoms with Gasteiger partial charge in [-0.25, -0.2) is 4.79 Å². The van der Waals surface area contributed by atoms with Crippen LogP contribution in [-0.2, 0) is 4.79 Å². The normalized spacial score (nSPS) is 11.9. The van der Waals surface area contributed by atoms with Crippen molar-refractivity contribution in [3.8, 4) is 0 Å². The Balaban J connectivity index is 2.38. The molecule has 0 aliphatic rings. The van der Waals surface area contributed by atoms with Crippen LogP contribution in [0, 0.1) is 10.1 Å². The average Bonchev–Trinajstić information content (AvgIpc) is 2.61. The first-order valence-electron chi connectivity index (χ1n) is 7.71. The standard InChI is InChI=1S/C19H13NO6/c1-11(21)15(18(22)12-7-3-2-4-8-12)16-13-9-5-6-10-14(13)26-19(23)17(16)20(24)25/h2-10,15H,1H3. The molecule has 0 bridgehead atoms. The molecule has 1 atom stereocenters. The number of benzene rings is 2. The van der Waals surface area contributed by atoms with Gasteiger partial charge in [0.05, 0.1) is 10.5 Å². The zero-order chi connectivity index (χ0) is 18.8. The lowest BCUT2D eigenvalue weighted by molar-refractivity contribution is -0.387. The van der Waals surface area contributed by atoms with Crippen LogP contribution in [0.4, 0.5) is 5.69 Å².